The minimum absolute atomic E-state index is 0.0189. The Balaban J connectivity index is 2.73. The van der Waals surface area contributed by atoms with E-state index in [2.05, 4.69) is 26.1 Å². The van der Waals surface area contributed by atoms with Gasteiger partial charge in [0.1, 0.15) is 17.3 Å². The Labute approximate surface area is 125 Å². The standard InChI is InChI=1S/C16H23N5/c1-10-6-8-11(9-7-10)13-12(14(17)18)15(19-5)21(20-13)16(2,3)4/h6-9,19H,1-5H3,(H3,17,18). The SMILES string of the molecule is CNc1c(C(=N)N)c(-c2ccc(C)cc2)nn1C(C)(C)C. The topological polar surface area (TPSA) is 79.7 Å². The summed E-state index contributed by atoms with van der Waals surface area (Å²) in [6.45, 7) is 8.26. The van der Waals surface area contributed by atoms with Crippen molar-refractivity contribution in [3.05, 3.63) is 35.4 Å². The highest BCUT2D eigenvalue weighted by atomic mass is 15.4. The molecular weight excluding hydrogens is 262 g/mol. The van der Waals surface area contributed by atoms with Gasteiger partial charge in [0.05, 0.1) is 11.1 Å². The number of nitrogens with zero attached hydrogens (tertiary/aromatic N) is 2. The summed E-state index contributed by atoms with van der Waals surface area (Å²) < 4.78 is 1.89. The van der Waals surface area contributed by atoms with Crippen LogP contribution in [0.5, 0.6) is 0 Å². The van der Waals surface area contributed by atoms with E-state index in [1.807, 2.05) is 42.9 Å². The molecule has 4 N–H and O–H groups in total. The molecule has 0 atom stereocenters. The van der Waals surface area contributed by atoms with Crippen LogP contribution in [0.15, 0.2) is 24.3 Å². The molecule has 0 radical (unpaired) electrons. The fourth-order valence-corrected chi connectivity index (χ4v) is 2.30. The maximum atomic E-state index is 7.91. The second kappa shape index (κ2) is 5.24. The van der Waals surface area contributed by atoms with Crippen molar-refractivity contribution in [3.8, 4) is 11.3 Å². The molecule has 5 heteroatoms. The van der Waals surface area contributed by atoms with Gasteiger partial charge < -0.3 is 11.1 Å². The molecule has 0 saturated heterocycles. The van der Waals surface area contributed by atoms with E-state index >= 15 is 0 Å². The summed E-state index contributed by atoms with van der Waals surface area (Å²) in [5, 5.41) is 15.8. The van der Waals surface area contributed by atoms with Crippen molar-refractivity contribution in [2.45, 2.75) is 33.2 Å². The van der Waals surface area contributed by atoms with Crippen LogP contribution in [0.4, 0.5) is 5.82 Å². The first-order valence-corrected chi connectivity index (χ1v) is 6.98. The van der Waals surface area contributed by atoms with Crippen LogP contribution in [0.25, 0.3) is 11.3 Å². The summed E-state index contributed by atoms with van der Waals surface area (Å²) in [5.74, 6) is 0.788. The first kappa shape index (κ1) is 15.1. The summed E-state index contributed by atoms with van der Waals surface area (Å²) in [7, 11) is 1.82. The average molecular weight is 285 g/mol. The fraction of sp³-hybridized carbons (Fsp3) is 0.375. The van der Waals surface area contributed by atoms with Crippen LogP contribution >= 0.6 is 0 Å². The lowest BCUT2D eigenvalue weighted by Gasteiger charge is -2.22. The van der Waals surface area contributed by atoms with Gasteiger partial charge in [0.15, 0.2) is 0 Å². The van der Waals surface area contributed by atoms with E-state index in [0.717, 1.165) is 17.1 Å². The number of anilines is 1. The van der Waals surface area contributed by atoms with Crippen molar-refractivity contribution in [2.24, 2.45) is 5.73 Å². The Morgan fingerprint density at radius 1 is 1.24 bits per heavy atom. The van der Waals surface area contributed by atoms with Gasteiger partial charge in [-0.15, -0.1) is 0 Å². The zero-order valence-electron chi connectivity index (χ0n) is 13.3. The van der Waals surface area contributed by atoms with E-state index in [0.29, 0.717) is 5.56 Å². The van der Waals surface area contributed by atoms with Gasteiger partial charge in [-0.3, -0.25) is 5.41 Å². The number of aryl methyl sites for hydroxylation is 1. The van der Waals surface area contributed by atoms with Crippen LogP contribution in [0.1, 0.15) is 31.9 Å². The molecule has 21 heavy (non-hydrogen) atoms. The Kier molecular flexibility index (Phi) is 3.77. The van der Waals surface area contributed by atoms with Gasteiger partial charge in [0.25, 0.3) is 0 Å². The lowest BCUT2D eigenvalue weighted by molar-refractivity contribution is 0.361. The number of aromatic nitrogens is 2. The zero-order valence-corrected chi connectivity index (χ0v) is 13.3. The molecule has 0 aliphatic carbocycles. The Bertz CT molecular complexity index is 659. The first-order chi connectivity index (χ1) is 9.75. The summed E-state index contributed by atoms with van der Waals surface area (Å²) in [4.78, 5) is 0. The van der Waals surface area contributed by atoms with Crippen LogP contribution in [0.3, 0.4) is 0 Å². The number of nitrogens with one attached hydrogen (secondary N) is 2. The van der Waals surface area contributed by atoms with Crippen molar-refractivity contribution in [3.63, 3.8) is 0 Å². The van der Waals surface area contributed by atoms with Crippen molar-refractivity contribution >= 4 is 11.7 Å². The van der Waals surface area contributed by atoms with Crippen LogP contribution in [0, 0.1) is 12.3 Å². The highest BCUT2D eigenvalue weighted by Crippen LogP contribution is 2.32. The molecule has 0 fully saturated rings. The number of nitrogens with two attached hydrogens (primary N) is 1. The van der Waals surface area contributed by atoms with Crippen molar-refractivity contribution < 1.29 is 0 Å². The molecule has 0 aliphatic heterocycles. The molecule has 112 valence electrons. The predicted octanol–water partition coefficient (Wildman–Crippen LogP) is 2.94. The van der Waals surface area contributed by atoms with E-state index in [1.54, 1.807) is 0 Å². The van der Waals surface area contributed by atoms with Gasteiger partial charge in [-0.05, 0) is 27.7 Å². The second-order valence-corrected chi connectivity index (χ2v) is 6.18. The van der Waals surface area contributed by atoms with Crippen LogP contribution in [-0.4, -0.2) is 22.7 Å². The van der Waals surface area contributed by atoms with Crippen molar-refractivity contribution in [2.75, 3.05) is 12.4 Å². The van der Waals surface area contributed by atoms with Crippen molar-refractivity contribution in [1.82, 2.24) is 9.78 Å². The fourth-order valence-electron chi connectivity index (χ4n) is 2.30. The summed E-state index contributed by atoms with van der Waals surface area (Å²) in [5.41, 5.74) is 9.14. The number of hydrogen-bond donors (Lipinski definition) is 3. The summed E-state index contributed by atoms with van der Waals surface area (Å²) in [6, 6.07) is 8.09. The van der Waals surface area contributed by atoms with Gasteiger partial charge in [0, 0.05) is 12.6 Å². The normalized spacial score (nSPS) is 11.5. The third kappa shape index (κ3) is 2.77. The van der Waals surface area contributed by atoms with Crippen LogP contribution < -0.4 is 11.1 Å². The maximum absolute atomic E-state index is 7.91. The number of rotatable bonds is 3. The highest BCUT2D eigenvalue weighted by molar-refractivity contribution is 6.05. The van der Waals surface area contributed by atoms with Gasteiger partial charge >= 0.3 is 0 Å². The molecule has 0 saturated carbocycles. The minimum atomic E-state index is -0.203. The number of nitrogen functional groups attached to an aromatic ring is 1. The van der Waals surface area contributed by atoms with E-state index < -0.39 is 0 Å². The van der Waals surface area contributed by atoms with Gasteiger partial charge in [-0.1, -0.05) is 29.8 Å². The monoisotopic (exact) mass is 285 g/mol. The van der Waals surface area contributed by atoms with E-state index in [4.69, 9.17) is 16.2 Å². The van der Waals surface area contributed by atoms with E-state index in [1.165, 1.54) is 5.56 Å². The molecule has 0 amide bonds. The molecule has 1 aromatic heterocycles. The molecule has 1 aromatic carbocycles. The van der Waals surface area contributed by atoms with Gasteiger partial charge in [-0.25, -0.2) is 4.68 Å². The van der Waals surface area contributed by atoms with Crippen molar-refractivity contribution in [1.29, 1.82) is 5.41 Å². The highest BCUT2D eigenvalue weighted by Gasteiger charge is 2.26. The Morgan fingerprint density at radius 3 is 2.24 bits per heavy atom. The lowest BCUT2D eigenvalue weighted by Crippen LogP contribution is -2.25. The number of hydrogen-bond acceptors (Lipinski definition) is 3. The molecule has 1 heterocycles. The van der Waals surface area contributed by atoms with E-state index in [-0.39, 0.29) is 11.4 Å². The lowest BCUT2D eigenvalue weighted by atomic mass is 10.0. The maximum Gasteiger partial charge on any atom is 0.136 e. The molecule has 2 rings (SSSR count). The largest absolute Gasteiger partial charge is 0.384 e. The summed E-state index contributed by atoms with van der Waals surface area (Å²) in [6.07, 6.45) is 0. The predicted molar refractivity (Wildman–Crippen MR) is 88.0 cm³/mol. The van der Waals surface area contributed by atoms with Crippen LogP contribution in [-0.2, 0) is 5.54 Å². The molecule has 2 aromatic rings. The third-order valence-electron chi connectivity index (χ3n) is 3.35. The second-order valence-electron chi connectivity index (χ2n) is 6.18. The number of amidine groups is 1. The molecule has 0 bridgehead atoms. The molecule has 0 aliphatic rings. The Hall–Kier alpha value is -2.30. The van der Waals surface area contributed by atoms with Gasteiger partial charge in [-0.2, -0.15) is 5.10 Å². The van der Waals surface area contributed by atoms with Gasteiger partial charge in [0.2, 0.25) is 0 Å². The van der Waals surface area contributed by atoms with Crippen LogP contribution in [0.2, 0.25) is 0 Å². The molecule has 0 unspecified atom stereocenters. The Morgan fingerprint density at radius 2 is 1.81 bits per heavy atom. The number of benzene rings is 1. The van der Waals surface area contributed by atoms with E-state index in [9.17, 15) is 0 Å². The molecular formula is C16H23N5. The molecule has 0 spiro atoms. The average Bonchev–Trinajstić information content (AvgIpc) is 2.79. The minimum Gasteiger partial charge on any atom is -0.384 e. The zero-order chi connectivity index (χ0) is 15.8. The summed E-state index contributed by atoms with van der Waals surface area (Å²) >= 11 is 0. The smallest absolute Gasteiger partial charge is 0.136 e. The quantitative estimate of drug-likeness (QED) is 0.599. The molecule has 5 nitrogen and oxygen atoms in total. The third-order valence-corrected chi connectivity index (χ3v) is 3.35. The first-order valence-electron chi connectivity index (χ1n) is 6.98.